The van der Waals surface area contributed by atoms with Crippen LogP contribution in [0.25, 0.3) is 0 Å². The van der Waals surface area contributed by atoms with E-state index in [1.165, 1.54) is 0 Å². The fourth-order valence-electron chi connectivity index (χ4n) is 1.38. The van der Waals surface area contributed by atoms with Crippen molar-refractivity contribution in [3.63, 3.8) is 0 Å². The fraction of sp³-hybridized carbons (Fsp3) is 0.667. The molecule has 1 heterocycles. The summed E-state index contributed by atoms with van der Waals surface area (Å²) in [6.45, 7) is 5.22. The minimum Gasteiger partial charge on any atom is -0.382 e. The summed E-state index contributed by atoms with van der Waals surface area (Å²) in [5.74, 6) is 0.753. The Morgan fingerprint density at radius 2 is 2.00 bits per heavy atom. The van der Waals surface area contributed by atoms with Gasteiger partial charge in [0.05, 0.1) is 11.9 Å². The van der Waals surface area contributed by atoms with E-state index in [4.69, 9.17) is 11.6 Å². The zero-order valence-electron chi connectivity index (χ0n) is 11.5. The molecule has 0 aromatic carbocycles. The van der Waals surface area contributed by atoms with E-state index < -0.39 is 18.3 Å². The summed E-state index contributed by atoms with van der Waals surface area (Å²) in [6, 6.07) is 0. The van der Waals surface area contributed by atoms with Crippen LogP contribution in [0.15, 0.2) is 11.0 Å². The van der Waals surface area contributed by atoms with Gasteiger partial charge in [-0.1, -0.05) is 32.4 Å². The van der Waals surface area contributed by atoms with Crippen molar-refractivity contribution < 1.29 is 13.2 Å². The second-order valence-electron chi connectivity index (χ2n) is 5.05. The highest BCUT2D eigenvalue weighted by atomic mass is 35.5. The minimum absolute atomic E-state index is 0.252. The van der Waals surface area contributed by atoms with Crippen LogP contribution in [0.5, 0.6) is 0 Å². The number of nitrogens with one attached hydrogen (secondary N) is 1. The lowest BCUT2D eigenvalue weighted by Crippen LogP contribution is -2.31. The van der Waals surface area contributed by atoms with E-state index >= 15 is 0 Å². The molecule has 0 aliphatic rings. The largest absolute Gasteiger partial charge is 0.408 e. The van der Waals surface area contributed by atoms with E-state index in [9.17, 15) is 18.0 Å². The van der Waals surface area contributed by atoms with Gasteiger partial charge in [-0.2, -0.15) is 18.3 Å². The molecule has 4 nitrogen and oxygen atoms in total. The standard InChI is InChI=1S/C12H17ClF3N3O/c1-7(2)8(3)4-17-9-5-18-19(6-12(14,15)16)11(20)10(9)13/h5,7-8,17H,4,6H2,1-3H3. The number of hydrogen-bond donors (Lipinski definition) is 1. The summed E-state index contributed by atoms with van der Waals surface area (Å²) in [5, 5.41) is 6.14. The lowest BCUT2D eigenvalue weighted by molar-refractivity contribution is -0.143. The van der Waals surface area contributed by atoms with E-state index in [1.807, 2.05) is 20.8 Å². The van der Waals surface area contributed by atoms with Crippen molar-refractivity contribution in [3.8, 4) is 0 Å². The highest BCUT2D eigenvalue weighted by Gasteiger charge is 2.29. The third kappa shape index (κ3) is 4.70. The van der Waals surface area contributed by atoms with Crippen LogP contribution in [-0.4, -0.2) is 22.5 Å². The summed E-state index contributed by atoms with van der Waals surface area (Å²) >= 11 is 5.79. The number of alkyl halides is 3. The first-order chi connectivity index (χ1) is 9.11. The van der Waals surface area contributed by atoms with Crippen LogP contribution in [0, 0.1) is 11.8 Å². The molecule has 0 fully saturated rings. The van der Waals surface area contributed by atoms with Crippen molar-refractivity contribution >= 4 is 17.3 Å². The Balaban J connectivity index is 2.87. The van der Waals surface area contributed by atoms with Crippen molar-refractivity contribution in [2.45, 2.75) is 33.5 Å². The van der Waals surface area contributed by atoms with E-state index in [2.05, 4.69) is 10.4 Å². The Morgan fingerprint density at radius 1 is 1.40 bits per heavy atom. The Kier molecular flexibility index (Phi) is 5.44. The number of hydrogen-bond acceptors (Lipinski definition) is 3. The van der Waals surface area contributed by atoms with Crippen molar-refractivity contribution in [3.05, 3.63) is 21.6 Å². The molecule has 8 heteroatoms. The van der Waals surface area contributed by atoms with Crippen molar-refractivity contribution in [1.29, 1.82) is 0 Å². The molecule has 1 atom stereocenters. The Labute approximate surface area is 119 Å². The average Bonchev–Trinajstić information content (AvgIpc) is 2.32. The molecule has 1 rings (SSSR count). The molecule has 0 aliphatic carbocycles. The molecule has 0 saturated carbocycles. The first-order valence-electron chi connectivity index (χ1n) is 6.18. The number of anilines is 1. The van der Waals surface area contributed by atoms with Crippen molar-refractivity contribution in [1.82, 2.24) is 9.78 Å². The van der Waals surface area contributed by atoms with Gasteiger partial charge in [-0.15, -0.1) is 0 Å². The summed E-state index contributed by atoms with van der Waals surface area (Å²) in [4.78, 5) is 11.7. The number of halogens is 4. The molecule has 0 spiro atoms. The van der Waals surface area contributed by atoms with Gasteiger partial charge in [-0.25, -0.2) is 4.68 Å². The maximum atomic E-state index is 12.2. The second kappa shape index (κ2) is 6.47. The first-order valence-corrected chi connectivity index (χ1v) is 6.56. The van der Waals surface area contributed by atoms with Gasteiger partial charge in [0.25, 0.3) is 5.56 Å². The van der Waals surface area contributed by atoms with Crippen LogP contribution in [0.3, 0.4) is 0 Å². The van der Waals surface area contributed by atoms with E-state index in [-0.39, 0.29) is 10.7 Å². The van der Waals surface area contributed by atoms with Crippen LogP contribution >= 0.6 is 11.6 Å². The molecular weight excluding hydrogens is 295 g/mol. The summed E-state index contributed by atoms with van der Waals surface area (Å²) < 4.78 is 37.0. The normalized spacial score (nSPS) is 13.6. The molecular formula is C12H17ClF3N3O. The maximum Gasteiger partial charge on any atom is 0.408 e. The van der Waals surface area contributed by atoms with Gasteiger partial charge < -0.3 is 5.32 Å². The highest BCUT2D eigenvalue weighted by molar-refractivity contribution is 6.32. The van der Waals surface area contributed by atoms with Gasteiger partial charge in [-0.3, -0.25) is 4.79 Å². The highest BCUT2D eigenvalue weighted by Crippen LogP contribution is 2.20. The maximum absolute atomic E-state index is 12.2. The summed E-state index contributed by atoms with van der Waals surface area (Å²) in [5.41, 5.74) is -0.700. The molecule has 1 unspecified atom stereocenters. The molecule has 1 aromatic rings. The topological polar surface area (TPSA) is 46.9 Å². The van der Waals surface area contributed by atoms with Gasteiger partial charge >= 0.3 is 6.18 Å². The van der Waals surface area contributed by atoms with Gasteiger partial charge in [0.2, 0.25) is 0 Å². The molecule has 1 aromatic heterocycles. The monoisotopic (exact) mass is 311 g/mol. The van der Waals surface area contributed by atoms with Gasteiger partial charge in [0, 0.05) is 6.54 Å². The van der Waals surface area contributed by atoms with Crippen LogP contribution in [0.1, 0.15) is 20.8 Å². The first kappa shape index (κ1) is 16.8. The molecule has 1 N–H and O–H groups in total. The van der Waals surface area contributed by atoms with Gasteiger partial charge in [0.1, 0.15) is 11.6 Å². The van der Waals surface area contributed by atoms with E-state index in [0.717, 1.165) is 6.20 Å². The molecule has 0 radical (unpaired) electrons. The van der Waals surface area contributed by atoms with Crippen LogP contribution in [0.4, 0.5) is 18.9 Å². The minimum atomic E-state index is -4.51. The van der Waals surface area contributed by atoms with Crippen LogP contribution in [-0.2, 0) is 6.54 Å². The Morgan fingerprint density at radius 3 is 2.50 bits per heavy atom. The van der Waals surface area contributed by atoms with E-state index in [0.29, 0.717) is 23.1 Å². The summed E-state index contributed by atoms with van der Waals surface area (Å²) in [6.07, 6.45) is -3.37. The van der Waals surface area contributed by atoms with Crippen molar-refractivity contribution in [2.75, 3.05) is 11.9 Å². The van der Waals surface area contributed by atoms with Crippen molar-refractivity contribution in [2.24, 2.45) is 11.8 Å². The molecule has 0 bridgehead atoms. The smallest absolute Gasteiger partial charge is 0.382 e. The molecule has 0 amide bonds. The Bertz CT molecular complexity index is 514. The number of rotatable bonds is 5. The average molecular weight is 312 g/mol. The van der Waals surface area contributed by atoms with Crippen LogP contribution < -0.4 is 10.9 Å². The lowest BCUT2D eigenvalue weighted by Gasteiger charge is -2.17. The lowest BCUT2D eigenvalue weighted by atomic mass is 9.98. The number of nitrogens with zero attached hydrogens (tertiary/aromatic N) is 2. The van der Waals surface area contributed by atoms with Gasteiger partial charge in [0.15, 0.2) is 0 Å². The molecule has 0 aliphatic heterocycles. The quantitative estimate of drug-likeness (QED) is 0.908. The number of aromatic nitrogens is 2. The molecule has 20 heavy (non-hydrogen) atoms. The second-order valence-corrected chi connectivity index (χ2v) is 5.43. The molecule has 0 saturated heterocycles. The third-order valence-electron chi connectivity index (χ3n) is 3.07. The zero-order valence-corrected chi connectivity index (χ0v) is 12.2. The third-order valence-corrected chi connectivity index (χ3v) is 3.43. The van der Waals surface area contributed by atoms with E-state index in [1.54, 1.807) is 0 Å². The fourth-order valence-corrected chi connectivity index (χ4v) is 1.59. The molecule has 114 valence electrons. The SMILES string of the molecule is CC(C)C(C)CNc1cnn(CC(F)(F)F)c(=O)c1Cl. The predicted octanol–water partition coefficient (Wildman–Crippen LogP) is 3.16. The van der Waals surface area contributed by atoms with Crippen LogP contribution in [0.2, 0.25) is 5.02 Å². The predicted molar refractivity (Wildman–Crippen MR) is 72.1 cm³/mol. The summed E-state index contributed by atoms with van der Waals surface area (Å²) in [7, 11) is 0. The Hall–Kier alpha value is -1.24. The van der Waals surface area contributed by atoms with Gasteiger partial charge in [-0.05, 0) is 11.8 Å². The zero-order chi connectivity index (χ0) is 15.5.